The van der Waals surface area contributed by atoms with Crippen LogP contribution >= 0.6 is 0 Å². The van der Waals surface area contributed by atoms with E-state index in [1.807, 2.05) is 12.4 Å². The summed E-state index contributed by atoms with van der Waals surface area (Å²) in [5.41, 5.74) is 4.04. The highest BCUT2D eigenvalue weighted by atomic mass is 15.2. The Morgan fingerprint density at radius 3 is 2.53 bits per heavy atom. The van der Waals surface area contributed by atoms with Gasteiger partial charge in [0, 0.05) is 18.0 Å². The van der Waals surface area contributed by atoms with Crippen molar-refractivity contribution in [2.75, 3.05) is 0 Å². The highest BCUT2D eigenvalue weighted by molar-refractivity contribution is 5.10. The Bertz CT molecular complexity index is 341. The van der Waals surface area contributed by atoms with Crippen LogP contribution in [-0.2, 0) is 0 Å². The van der Waals surface area contributed by atoms with Gasteiger partial charge in [0.1, 0.15) is 6.33 Å². The average molecular weight is 234 g/mol. The first-order chi connectivity index (χ1) is 8.22. The van der Waals surface area contributed by atoms with Gasteiger partial charge in [-0.25, -0.2) is 9.97 Å². The molecule has 4 unspecified atom stereocenters. The monoisotopic (exact) mass is 234 g/mol. The van der Waals surface area contributed by atoms with E-state index in [4.69, 9.17) is 5.84 Å². The van der Waals surface area contributed by atoms with Gasteiger partial charge >= 0.3 is 0 Å². The molecule has 0 amide bonds. The predicted octanol–water partition coefficient (Wildman–Crippen LogP) is 2.05. The lowest BCUT2D eigenvalue weighted by Gasteiger charge is -2.36. The largest absolute Gasteiger partial charge is 0.271 e. The molecule has 0 radical (unpaired) electrons. The molecular formula is C13H22N4. The second-order valence-electron chi connectivity index (χ2n) is 5.34. The van der Waals surface area contributed by atoms with Gasteiger partial charge < -0.3 is 0 Å². The van der Waals surface area contributed by atoms with Crippen molar-refractivity contribution in [1.29, 1.82) is 0 Å². The maximum Gasteiger partial charge on any atom is 0.115 e. The van der Waals surface area contributed by atoms with Crippen LogP contribution in [0.1, 0.15) is 44.7 Å². The van der Waals surface area contributed by atoms with Crippen molar-refractivity contribution in [2.24, 2.45) is 23.6 Å². The first-order valence-electron chi connectivity index (χ1n) is 6.43. The number of aromatic nitrogens is 2. The van der Waals surface area contributed by atoms with E-state index in [1.54, 1.807) is 6.33 Å². The summed E-state index contributed by atoms with van der Waals surface area (Å²) in [7, 11) is 0. The van der Waals surface area contributed by atoms with Crippen molar-refractivity contribution in [3.05, 3.63) is 24.3 Å². The van der Waals surface area contributed by atoms with Crippen molar-refractivity contribution in [1.82, 2.24) is 15.4 Å². The van der Waals surface area contributed by atoms with Gasteiger partial charge in [-0.15, -0.1) is 0 Å². The van der Waals surface area contributed by atoms with Gasteiger partial charge in [-0.1, -0.05) is 20.3 Å². The molecular weight excluding hydrogens is 212 g/mol. The minimum atomic E-state index is 0.186. The third-order valence-corrected chi connectivity index (χ3v) is 4.23. The van der Waals surface area contributed by atoms with Gasteiger partial charge in [0.15, 0.2) is 0 Å². The molecule has 1 fully saturated rings. The van der Waals surface area contributed by atoms with E-state index in [1.165, 1.54) is 19.3 Å². The Kier molecular flexibility index (Phi) is 4.07. The van der Waals surface area contributed by atoms with Gasteiger partial charge in [-0.3, -0.25) is 11.3 Å². The maximum atomic E-state index is 5.71. The number of hydrogen-bond donors (Lipinski definition) is 2. The van der Waals surface area contributed by atoms with Crippen molar-refractivity contribution in [3.8, 4) is 0 Å². The summed E-state index contributed by atoms with van der Waals surface area (Å²) in [6.45, 7) is 4.68. The quantitative estimate of drug-likeness (QED) is 0.620. The molecule has 3 N–H and O–H groups in total. The van der Waals surface area contributed by atoms with Gasteiger partial charge in [0.2, 0.25) is 0 Å². The van der Waals surface area contributed by atoms with Crippen molar-refractivity contribution in [3.63, 3.8) is 0 Å². The van der Waals surface area contributed by atoms with Crippen molar-refractivity contribution >= 4 is 0 Å². The van der Waals surface area contributed by atoms with Crippen LogP contribution in [0.15, 0.2) is 18.7 Å². The molecule has 1 aromatic heterocycles. The lowest BCUT2D eigenvalue weighted by Crippen LogP contribution is -2.37. The molecule has 0 aromatic carbocycles. The van der Waals surface area contributed by atoms with Crippen LogP contribution in [0.5, 0.6) is 0 Å². The summed E-state index contributed by atoms with van der Waals surface area (Å²) in [6, 6.07) is 0.186. The van der Waals surface area contributed by atoms with E-state index < -0.39 is 0 Å². The number of nitrogens with one attached hydrogen (secondary N) is 1. The van der Waals surface area contributed by atoms with Crippen LogP contribution < -0.4 is 11.3 Å². The SMILES string of the molecule is CC1CCC(C(NN)c2cncnc2)CC1C. The number of hydrogen-bond acceptors (Lipinski definition) is 4. The van der Waals surface area contributed by atoms with Crippen molar-refractivity contribution < 1.29 is 0 Å². The summed E-state index contributed by atoms with van der Waals surface area (Å²) in [5, 5.41) is 0. The minimum Gasteiger partial charge on any atom is -0.271 e. The van der Waals surface area contributed by atoms with Crippen LogP contribution in [0.2, 0.25) is 0 Å². The zero-order valence-electron chi connectivity index (χ0n) is 10.6. The molecule has 4 heteroatoms. The van der Waals surface area contributed by atoms with E-state index in [-0.39, 0.29) is 6.04 Å². The van der Waals surface area contributed by atoms with Crippen LogP contribution in [0.4, 0.5) is 0 Å². The first-order valence-corrected chi connectivity index (χ1v) is 6.43. The lowest BCUT2D eigenvalue weighted by molar-refractivity contribution is 0.171. The van der Waals surface area contributed by atoms with Gasteiger partial charge in [-0.2, -0.15) is 0 Å². The number of nitrogens with zero attached hydrogens (tertiary/aromatic N) is 2. The van der Waals surface area contributed by atoms with Gasteiger partial charge in [-0.05, 0) is 30.6 Å². The Labute approximate surface area is 103 Å². The molecule has 17 heavy (non-hydrogen) atoms. The minimum absolute atomic E-state index is 0.186. The summed E-state index contributed by atoms with van der Waals surface area (Å²) in [6.07, 6.45) is 9.03. The van der Waals surface area contributed by atoms with Crippen LogP contribution in [0, 0.1) is 17.8 Å². The molecule has 0 aliphatic heterocycles. The zero-order chi connectivity index (χ0) is 12.3. The third-order valence-electron chi connectivity index (χ3n) is 4.23. The van der Waals surface area contributed by atoms with E-state index in [0.29, 0.717) is 5.92 Å². The number of hydrazine groups is 1. The zero-order valence-corrected chi connectivity index (χ0v) is 10.6. The second-order valence-corrected chi connectivity index (χ2v) is 5.34. The Morgan fingerprint density at radius 2 is 1.94 bits per heavy atom. The molecule has 0 saturated heterocycles. The molecule has 4 atom stereocenters. The molecule has 1 aliphatic carbocycles. The third kappa shape index (κ3) is 2.82. The molecule has 4 nitrogen and oxygen atoms in total. The molecule has 1 saturated carbocycles. The highest BCUT2D eigenvalue weighted by Gasteiger charge is 2.30. The highest BCUT2D eigenvalue weighted by Crippen LogP contribution is 2.39. The fourth-order valence-corrected chi connectivity index (χ4v) is 2.87. The van der Waals surface area contributed by atoms with Gasteiger partial charge in [0.05, 0.1) is 6.04 Å². The fraction of sp³-hybridized carbons (Fsp3) is 0.692. The second kappa shape index (κ2) is 5.56. The van der Waals surface area contributed by atoms with Crippen LogP contribution in [-0.4, -0.2) is 9.97 Å². The fourth-order valence-electron chi connectivity index (χ4n) is 2.87. The van der Waals surface area contributed by atoms with E-state index in [9.17, 15) is 0 Å². The van der Waals surface area contributed by atoms with E-state index in [0.717, 1.165) is 17.4 Å². The summed E-state index contributed by atoms with van der Waals surface area (Å²) < 4.78 is 0. The summed E-state index contributed by atoms with van der Waals surface area (Å²) in [5.74, 6) is 7.91. The number of rotatable bonds is 3. The number of nitrogens with two attached hydrogens (primary N) is 1. The average Bonchev–Trinajstić information content (AvgIpc) is 2.36. The predicted molar refractivity (Wildman–Crippen MR) is 67.8 cm³/mol. The van der Waals surface area contributed by atoms with E-state index in [2.05, 4.69) is 29.2 Å². The standard InChI is InChI=1S/C13H22N4/c1-9-3-4-11(5-10(9)2)13(17-14)12-6-15-8-16-7-12/h6-11,13,17H,3-5,14H2,1-2H3. The van der Waals surface area contributed by atoms with Gasteiger partial charge in [0.25, 0.3) is 0 Å². The molecule has 1 aliphatic rings. The first kappa shape index (κ1) is 12.5. The van der Waals surface area contributed by atoms with Crippen LogP contribution in [0.3, 0.4) is 0 Å². The maximum absolute atomic E-state index is 5.71. The summed E-state index contributed by atoms with van der Waals surface area (Å²) in [4.78, 5) is 8.15. The summed E-state index contributed by atoms with van der Waals surface area (Å²) >= 11 is 0. The molecule has 94 valence electrons. The molecule has 2 rings (SSSR count). The molecule has 0 bridgehead atoms. The Hall–Kier alpha value is -1.00. The molecule has 1 aromatic rings. The topological polar surface area (TPSA) is 63.8 Å². The lowest BCUT2D eigenvalue weighted by atomic mass is 9.72. The Morgan fingerprint density at radius 1 is 1.24 bits per heavy atom. The molecule has 0 spiro atoms. The van der Waals surface area contributed by atoms with Crippen LogP contribution in [0.25, 0.3) is 0 Å². The smallest absolute Gasteiger partial charge is 0.115 e. The Balaban J connectivity index is 2.09. The molecule has 1 heterocycles. The normalized spacial score (nSPS) is 31.1. The van der Waals surface area contributed by atoms with E-state index >= 15 is 0 Å². The van der Waals surface area contributed by atoms with Crippen molar-refractivity contribution in [2.45, 2.75) is 39.2 Å².